The van der Waals surface area contributed by atoms with Gasteiger partial charge in [-0.2, -0.15) is 5.26 Å². The number of nitriles is 1. The third kappa shape index (κ3) is 9.23. The second-order valence-electron chi connectivity index (χ2n) is 5.64. The van der Waals surface area contributed by atoms with Gasteiger partial charge in [0.15, 0.2) is 0 Å². The van der Waals surface area contributed by atoms with Crippen LogP contribution < -0.4 is 10.6 Å². The van der Waals surface area contributed by atoms with Crippen LogP contribution >= 0.6 is 0 Å². The number of aliphatic hydroxyl groups excluding tert-OH is 1. The second kappa shape index (κ2) is 12.3. The summed E-state index contributed by atoms with van der Waals surface area (Å²) in [6, 6.07) is 10.00. The zero-order valence-corrected chi connectivity index (χ0v) is 15.0. The van der Waals surface area contributed by atoms with E-state index >= 15 is 0 Å². The highest BCUT2D eigenvalue weighted by Gasteiger charge is 2.22. The number of rotatable bonds is 10. The van der Waals surface area contributed by atoms with Crippen LogP contribution in [0.3, 0.4) is 0 Å². The first-order chi connectivity index (χ1) is 13.0. The number of benzene rings is 1. The Morgan fingerprint density at radius 1 is 1.26 bits per heavy atom. The van der Waals surface area contributed by atoms with Crippen LogP contribution in [0.4, 0.5) is 4.79 Å². The molecule has 1 aromatic rings. The standard InChI is InChI=1S/C18H23N3O6/c1-26-17(24)15(8-5-9-19)21-16(23)10-14(22)11-20-18(25)27-12-13-6-3-2-4-7-13/h2-4,6-7,14-15,22H,5,8,10-12H2,1H3,(H,20,25)(H,21,23)/t14-,15+/m0/s1. The molecule has 9 nitrogen and oxygen atoms in total. The fraction of sp³-hybridized carbons (Fsp3) is 0.444. The van der Waals surface area contributed by atoms with Gasteiger partial charge in [0, 0.05) is 13.0 Å². The number of nitrogens with zero attached hydrogens (tertiary/aromatic N) is 1. The van der Waals surface area contributed by atoms with Crippen molar-refractivity contribution in [3.05, 3.63) is 35.9 Å². The van der Waals surface area contributed by atoms with Crippen LogP contribution in [0.5, 0.6) is 0 Å². The summed E-state index contributed by atoms with van der Waals surface area (Å²) in [5, 5.41) is 23.2. The van der Waals surface area contributed by atoms with E-state index in [1.807, 2.05) is 24.3 Å². The molecule has 0 fully saturated rings. The molecular formula is C18H23N3O6. The summed E-state index contributed by atoms with van der Waals surface area (Å²) < 4.78 is 9.54. The molecule has 0 saturated heterocycles. The van der Waals surface area contributed by atoms with Gasteiger partial charge in [-0.05, 0) is 12.0 Å². The molecule has 0 radical (unpaired) electrons. The van der Waals surface area contributed by atoms with E-state index in [1.54, 1.807) is 12.1 Å². The largest absolute Gasteiger partial charge is 0.467 e. The molecule has 0 saturated carbocycles. The molecule has 9 heteroatoms. The molecule has 1 rings (SSSR count). The molecule has 27 heavy (non-hydrogen) atoms. The van der Waals surface area contributed by atoms with E-state index in [0.717, 1.165) is 5.56 Å². The Hall–Kier alpha value is -3.12. The van der Waals surface area contributed by atoms with Crippen molar-refractivity contribution in [2.45, 2.75) is 38.0 Å². The average Bonchev–Trinajstić information content (AvgIpc) is 2.68. The van der Waals surface area contributed by atoms with Crippen molar-refractivity contribution in [2.24, 2.45) is 0 Å². The number of amides is 2. The lowest BCUT2D eigenvalue weighted by atomic mass is 10.1. The van der Waals surface area contributed by atoms with E-state index in [1.165, 1.54) is 7.11 Å². The highest BCUT2D eigenvalue weighted by molar-refractivity contribution is 5.84. The van der Waals surface area contributed by atoms with Crippen molar-refractivity contribution in [2.75, 3.05) is 13.7 Å². The first kappa shape index (κ1) is 21.9. The third-order valence-electron chi connectivity index (χ3n) is 3.48. The molecule has 0 aromatic heterocycles. The molecule has 3 N–H and O–H groups in total. The normalized spacial score (nSPS) is 12.2. The molecule has 0 aliphatic carbocycles. The lowest BCUT2D eigenvalue weighted by molar-refractivity contribution is -0.145. The number of hydrogen-bond acceptors (Lipinski definition) is 7. The Bertz CT molecular complexity index is 659. The maximum Gasteiger partial charge on any atom is 0.407 e. The van der Waals surface area contributed by atoms with E-state index in [0.29, 0.717) is 0 Å². The summed E-state index contributed by atoms with van der Waals surface area (Å²) in [6.45, 7) is -0.106. The second-order valence-corrected chi connectivity index (χ2v) is 5.64. The van der Waals surface area contributed by atoms with Gasteiger partial charge in [0.25, 0.3) is 0 Å². The van der Waals surface area contributed by atoms with Crippen molar-refractivity contribution in [3.8, 4) is 6.07 Å². The number of ether oxygens (including phenoxy) is 2. The van der Waals surface area contributed by atoms with E-state index in [2.05, 4.69) is 15.4 Å². The fourth-order valence-electron chi connectivity index (χ4n) is 2.11. The Morgan fingerprint density at radius 2 is 1.96 bits per heavy atom. The first-order valence-corrected chi connectivity index (χ1v) is 8.33. The average molecular weight is 377 g/mol. The lowest BCUT2D eigenvalue weighted by Gasteiger charge is -2.17. The molecule has 0 aliphatic heterocycles. The topological polar surface area (TPSA) is 138 Å². The minimum absolute atomic E-state index is 0.0669. The highest BCUT2D eigenvalue weighted by Crippen LogP contribution is 2.02. The summed E-state index contributed by atoms with van der Waals surface area (Å²) in [5.41, 5.74) is 0.818. The minimum atomic E-state index is -1.16. The van der Waals surface area contributed by atoms with Gasteiger partial charge in [0.2, 0.25) is 5.91 Å². The van der Waals surface area contributed by atoms with Crippen molar-refractivity contribution in [1.29, 1.82) is 5.26 Å². The van der Waals surface area contributed by atoms with E-state index in [4.69, 9.17) is 10.00 Å². The quantitative estimate of drug-likeness (QED) is 0.508. The highest BCUT2D eigenvalue weighted by atomic mass is 16.5. The molecule has 0 spiro atoms. The molecule has 2 amide bonds. The summed E-state index contributed by atoms with van der Waals surface area (Å²) in [7, 11) is 1.17. The van der Waals surface area contributed by atoms with Crippen LogP contribution in [-0.4, -0.2) is 48.9 Å². The number of aliphatic hydroxyl groups is 1. The number of esters is 1. The molecular weight excluding hydrogens is 354 g/mol. The van der Waals surface area contributed by atoms with Gasteiger partial charge >= 0.3 is 12.1 Å². The van der Waals surface area contributed by atoms with Gasteiger partial charge in [-0.15, -0.1) is 0 Å². The van der Waals surface area contributed by atoms with Gasteiger partial charge in [-0.1, -0.05) is 30.3 Å². The van der Waals surface area contributed by atoms with E-state index in [9.17, 15) is 19.5 Å². The Morgan fingerprint density at radius 3 is 2.59 bits per heavy atom. The smallest absolute Gasteiger partial charge is 0.407 e. The number of alkyl carbamates (subject to hydrolysis) is 1. The van der Waals surface area contributed by atoms with Crippen molar-refractivity contribution >= 4 is 18.0 Å². The molecule has 1 aromatic carbocycles. The van der Waals surface area contributed by atoms with Gasteiger partial charge in [0.05, 0.1) is 25.7 Å². The summed E-state index contributed by atoms with van der Waals surface area (Å²) in [4.78, 5) is 35.1. The van der Waals surface area contributed by atoms with Crippen LogP contribution in [0.25, 0.3) is 0 Å². The van der Waals surface area contributed by atoms with Gasteiger partial charge in [-0.25, -0.2) is 9.59 Å². The lowest BCUT2D eigenvalue weighted by Crippen LogP contribution is -2.43. The Balaban J connectivity index is 2.32. The molecule has 0 unspecified atom stereocenters. The Labute approximate surface area is 157 Å². The van der Waals surface area contributed by atoms with Gasteiger partial charge < -0.3 is 25.2 Å². The van der Waals surface area contributed by atoms with Crippen molar-refractivity contribution in [1.82, 2.24) is 10.6 Å². The van der Waals surface area contributed by atoms with Crippen LogP contribution in [0, 0.1) is 11.3 Å². The molecule has 0 bridgehead atoms. The SMILES string of the molecule is COC(=O)[C@@H](CCC#N)NC(=O)C[C@H](O)CNC(=O)OCc1ccccc1. The molecule has 0 aliphatic rings. The number of hydrogen-bond donors (Lipinski definition) is 3. The minimum Gasteiger partial charge on any atom is -0.467 e. The molecule has 2 atom stereocenters. The van der Waals surface area contributed by atoms with E-state index in [-0.39, 0.29) is 32.4 Å². The van der Waals surface area contributed by atoms with E-state index < -0.39 is 30.1 Å². The van der Waals surface area contributed by atoms with Crippen LogP contribution in [0.2, 0.25) is 0 Å². The predicted octanol–water partition coefficient (Wildman–Crippen LogP) is 0.625. The predicted molar refractivity (Wildman–Crippen MR) is 94.0 cm³/mol. The zero-order valence-electron chi connectivity index (χ0n) is 15.0. The summed E-state index contributed by atoms with van der Waals surface area (Å²) >= 11 is 0. The number of carbonyl (C=O) groups is 3. The maximum absolute atomic E-state index is 11.9. The first-order valence-electron chi connectivity index (χ1n) is 8.33. The Kier molecular flexibility index (Phi) is 9.96. The van der Waals surface area contributed by atoms with Crippen molar-refractivity contribution in [3.63, 3.8) is 0 Å². The van der Waals surface area contributed by atoms with Crippen LogP contribution in [0.15, 0.2) is 30.3 Å². The fourth-order valence-corrected chi connectivity index (χ4v) is 2.11. The zero-order chi connectivity index (χ0) is 20.1. The summed E-state index contributed by atoms with van der Waals surface area (Å²) in [5.74, 6) is -1.27. The molecule has 146 valence electrons. The number of nitrogens with one attached hydrogen (secondary N) is 2. The van der Waals surface area contributed by atoms with Crippen molar-refractivity contribution < 1.29 is 29.0 Å². The van der Waals surface area contributed by atoms with Crippen LogP contribution in [0.1, 0.15) is 24.8 Å². The number of methoxy groups -OCH3 is 1. The number of carbonyl (C=O) groups excluding carboxylic acids is 3. The summed E-state index contributed by atoms with van der Waals surface area (Å²) in [6.07, 6.45) is -2.05. The van der Waals surface area contributed by atoms with Crippen LogP contribution in [-0.2, 0) is 25.7 Å². The van der Waals surface area contributed by atoms with Gasteiger partial charge in [0.1, 0.15) is 12.6 Å². The maximum atomic E-state index is 11.9. The monoisotopic (exact) mass is 377 g/mol. The third-order valence-corrected chi connectivity index (χ3v) is 3.48. The van der Waals surface area contributed by atoms with Gasteiger partial charge in [-0.3, -0.25) is 4.79 Å². The molecule has 0 heterocycles.